The Hall–Kier alpha value is -3.68. The van der Waals surface area contributed by atoms with E-state index in [4.69, 9.17) is 14.2 Å². The summed E-state index contributed by atoms with van der Waals surface area (Å²) in [7, 11) is 0. The quantitative estimate of drug-likeness (QED) is 0.0149. The third kappa shape index (κ3) is 36.3. The van der Waals surface area contributed by atoms with Gasteiger partial charge in [-0.2, -0.15) is 0 Å². The van der Waals surface area contributed by atoms with Crippen molar-refractivity contribution >= 4 is 11.9 Å². The van der Waals surface area contributed by atoms with Crippen molar-refractivity contribution in [2.75, 3.05) is 13.2 Å². The van der Waals surface area contributed by atoms with Crippen molar-refractivity contribution in [1.82, 2.24) is 5.32 Å². The molecule has 1 amide bonds. The zero-order valence-electron chi connectivity index (χ0n) is 45.0. The molecule has 410 valence electrons. The summed E-state index contributed by atoms with van der Waals surface area (Å²) in [6, 6.07) is -1.05. The third-order valence-corrected chi connectivity index (χ3v) is 12.6. The van der Waals surface area contributed by atoms with Gasteiger partial charge in [-0.3, -0.25) is 9.59 Å². The van der Waals surface area contributed by atoms with Gasteiger partial charge in [0, 0.05) is 6.42 Å². The molecule has 1 aliphatic heterocycles. The molecule has 1 rings (SSSR count). The first-order chi connectivity index (χ1) is 35.2. The maximum Gasteiger partial charge on any atom is 0.306 e. The molecule has 8 unspecified atom stereocenters. The van der Waals surface area contributed by atoms with Gasteiger partial charge in [-0.05, 0) is 70.6 Å². The van der Waals surface area contributed by atoms with Gasteiger partial charge in [-0.15, -0.1) is 0 Å². The van der Waals surface area contributed by atoms with Crippen LogP contribution in [0.4, 0.5) is 0 Å². The number of aliphatic hydroxyl groups is 5. The molecule has 8 atom stereocenters. The standard InChI is InChI=1S/C61H101NO10/c1-4-7-10-13-16-19-22-25-27-28-29-31-34-37-40-43-46-49-56(66)72-59-58(68)57(67)55(50-63)71-61(59)70-51-52(53(64)47-44-41-38-35-32-24-21-18-15-12-9-6-3)62-60(69)54(65)48-45-42-39-36-33-30-26-23-20-17-14-11-8-5-2/h7,10,13,16-17,19-20,22-23,25-29,31,34,44,47,52-55,57-59,61,63-65,67-68H,4-6,8-9,11-12,14-15,18,21,24,30,32-33,35-43,45-46,48-51H2,1-3H3,(H,62,69)/b10-7-,16-13+,20-17+,22-19+,26-23+,27-25-,29-28+,34-31+,47-44+. The topological polar surface area (TPSA) is 175 Å². The lowest BCUT2D eigenvalue weighted by molar-refractivity contribution is -0.305. The van der Waals surface area contributed by atoms with E-state index in [0.717, 1.165) is 89.9 Å². The summed E-state index contributed by atoms with van der Waals surface area (Å²) in [5, 5.41) is 56.8. The van der Waals surface area contributed by atoms with Crippen molar-refractivity contribution in [3.63, 3.8) is 0 Å². The number of carbonyl (C=O) groups excluding carboxylic acids is 2. The maximum atomic E-state index is 13.4. The number of allylic oxidation sites excluding steroid dienone is 17. The number of rotatable bonds is 45. The molecule has 0 saturated carbocycles. The lowest BCUT2D eigenvalue weighted by atomic mass is 9.99. The fourth-order valence-corrected chi connectivity index (χ4v) is 8.08. The van der Waals surface area contributed by atoms with E-state index in [1.807, 2.05) is 66.8 Å². The van der Waals surface area contributed by atoms with Gasteiger partial charge in [0.05, 0.1) is 25.4 Å². The number of hydrogen-bond acceptors (Lipinski definition) is 10. The van der Waals surface area contributed by atoms with Gasteiger partial charge >= 0.3 is 5.97 Å². The monoisotopic (exact) mass is 1010 g/mol. The van der Waals surface area contributed by atoms with E-state index in [9.17, 15) is 35.1 Å². The SMILES string of the molecule is CC\C=C/C=C/C=C/C=C\C=C\C=C\CCCCCC(=O)OC1C(OCC(NC(=O)C(O)CCCCCCC/C=C/C=C/CCCCC)C(O)/C=C/CCCCCCCCCCCC)OC(CO)C(O)C1O. The van der Waals surface area contributed by atoms with Gasteiger partial charge in [-0.1, -0.05) is 233 Å². The molecule has 1 fully saturated rings. The molecule has 1 heterocycles. The second kappa shape index (κ2) is 48.3. The van der Waals surface area contributed by atoms with Crippen LogP contribution in [0.2, 0.25) is 0 Å². The summed E-state index contributed by atoms with van der Waals surface area (Å²) in [6.45, 7) is 5.55. The Morgan fingerprint density at radius 1 is 0.556 bits per heavy atom. The van der Waals surface area contributed by atoms with Gasteiger partial charge in [0.25, 0.3) is 0 Å². The third-order valence-electron chi connectivity index (χ3n) is 12.6. The molecule has 0 radical (unpaired) electrons. The Morgan fingerprint density at radius 3 is 1.54 bits per heavy atom. The summed E-state index contributed by atoms with van der Waals surface area (Å²) < 4.78 is 17.5. The van der Waals surface area contributed by atoms with Crippen LogP contribution < -0.4 is 5.32 Å². The van der Waals surface area contributed by atoms with E-state index < -0.39 is 67.4 Å². The summed E-state index contributed by atoms with van der Waals surface area (Å²) in [6.07, 6.45) is 54.1. The van der Waals surface area contributed by atoms with Crippen molar-refractivity contribution in [2.45, 2.75) is 250 Å². The molecule has 0 aliphatic carbocycles. The molecular formula is C61H101NO10. The van der Waals surface area contributed by atoms with Crippen LogP contribution in [-0.4, -0.2) is 99.6 Å². The predicted octanol–water partition coefficient (Wildman–Crippen LogP) is 12.5. The average molecular weight is 1010 g/mol. The maximum absolute atomic E-state index is 13.4. The minimum atomic E-state index is -1.64. The van der Waals surface area contributed by atoms with E-state index in [1.165, 1.54) is 64.2 Å². The number of aliphatic hydroxyl groups excluding tert-OH is 5. The minimum Gasteiger partial charge on any atom is -0.454 e. The lowest BCUT2D eigenvalue weighted by Gasteiger charge is -2.41. The number of unbranched alkanes of at least 4 members (excludes halogenated alkanes) is 21. The first-order valence-electron chi connectivity index (χ1n) is 28.3. The summed E-state index contributed by atoms with van der Waals surface area (Å²) in [4.78, 5) is 26.4. The average Bonchev–Trinajstić information content (AvgIpc) is 3.38. The number of esters is 1. The highest BCUT2D eigenvalue weighted by Gasteiger charge is 2.47. The molecule has 0 aromatic rings. The van der Waals surface area contributed by atoms with Crippen molar-refractivity contribution < 1.29 is 49.3 Å². The van der Waals surface area contributed by atoms with Crippen molar-refractivity contribution in [3.05, 3.63) is 109 Å². The van der Waals surface area contributed by atoms with Crippen LogP contribution in [0.25, 0.3) is 0 Å². The van der Waals surface area contributed by atoms with Crippen LogP contribution in [0.1, 0.15) is 201 Å². The van der Waals surface area contributed by atoms with Crippen molar-refractivity contribution in [3.8, 4) is 0 Å². The number of nitrogens with one attached hydrogen (secondary N) is 1. The second-order valence-corrected chi connectivity index (χ2v) is 19.1. The summed E-state index contributed by atoms with van der Waals surface area (Å²) >= 11 is 0. The van der Waals surface area contributed by atoms with E-state index in [-0.39, 0.29) is 19.4 Å². The molecule has 0 aromatic heterocycles. The van der Waals surface area contributed by atoms with E-state index in [1.54, 1.807) is 6.08 Å². The normalized spacial score (nSPS) is 20.4. The van der Waals surface area contributed by atoms with Crippen LogP contribution >= 0.6 is 0 Å². The zero-order valence-corrected chi connectivity index (χ0v) is 45.0. The second-order valence-electron chi connectivity index (χ2n) is 19.1. The van der Waals surface area contributed by atoms with Gasteiger partial charge in [0.1, 0.15) is 24.4 Å². The first kappa shape index (κ1) is 66.3. The van der Waals surface area contributed by atoms with Crippen LogP contribution in [0.3, 0.4) is 0 Å². The van der Waals surface area contributed by atoms with Crippen LogP contribution in [0.15, 0.2) is 109 Å². The van der Waals surface area contributed by atoms with E-state index in [2.05, 4.69) is 62.5 Å². The molecule has 72 heavy (non-hydrogen) atoms. The Morgan fingerprint density at radius 2 is 1.00 bits per heavy atom. The Balaban J connectivity index is 2.79. The highest BCUT2D eigenvalue weighted by atomic mass is 16.7. The predicted molar refractivity (Wildman–Crippen MR) is 296 cm³/mol. The fourth-order valence-electron chi connectivity index (χ4n) is 8.08. The molecule has 0 bridgehead atoms. The fraction of sp³-hybridized carbons (Fsp3) is 0.672. The smallest absolute Gasteiger partial charge is 0.306 e. The first-order valence-corrected chi connectivity index (χ1v) is 28.3. The molecular weight excluding hydrogens is 907 g/mol. The van der Waals surface area contributed by atoms with Crippen LogP contribution in [0.5, 0.6) is 0 Å². The highest BCUT2D eigenvalue weighted by Crippen LogP contribution is 2.26. The Kier molecular flexibility index (Phi) is 44.5. The van der Waals surface area contributed by atoms with Gasteiger partial charge in [0.15, 0.2) is 12.4 Å². The van der Waals surface area contributed by atoms with Gasteiger partial charge in [0.2, 0.25) is 5.91 Å². The number of amides is 1. The molecule has 11 nitrogen and oxygen atoms in total. The minimum absolute atomic E-state index is 0.0646. The number of carbonyl (C=O) groups is 2. The van der Waals surface area contributed by atoms with Gasteiger partial charge < -0.3 is 45.1 Å². The molecule has 6 N–H and O–H groups in total. The zero-order chi connectivity index (χ0) is 52.5. The largest absolute Gasteiger partial charge is 0.454 e. The van der Waals surface area contributed by atoms with Crippen molar-refractivity contribution in [1.29, 1.82) is 0 Å². The van der Waals surface area contributed by atoms with Gasteiger partial charge in [-0.25, -0.2) is 0 Å². The molecule has 0 spiro atoms. The van der Waals surface area contributed by atoms with E-state index in [0.29, 0.717) is 12.8 Å². The van der Waals surface area contributed by atoms with Crippen LogP contribution in [-0.2, 0) is 23.8 Å². The molecule has 0 aromatic carbocycles. The highest BCUT2D eigenvalue weighted by molar-refractivity contribution is 5.80. The molecule has 1 saturated heterocycles. The lowest BCUT2D eigenvalue weighted by Crippen LogP contribution is -2.61. The number of ether oxygens (including phenoxy) is 3. The molecule has 11 heteroatoms. The van der Waals surface area contributed by atoms with Crippen LogP contribution in [0, 0.1) is 0 Å². The Labute approximate surface area is 437 Å². The summed E-state index contributed by atoms with van der Waals surface area (Å²) in [5.74, 6) is -1.26. The van der Waals surface area contributed by atoms with Crippen molar-refractivity contribution in [2.24, 2.45) is 0 Å². The van der Waals surface area contributed by atoms with E-state index >= 15 is 0 Å². The Bertz CT molecular complexity index is 1580. The number of hydrogen-bond donors (Lipinski definition) is 6. The summed E-state index contributed by atoms with van der Waals surface area (Å²) in [5.41, 5.74) is 0. The molecule has 1 aliphatic rings.